The molecule has 134 valence electrons. The van der Waals surface area contributed by atoms with E-state index in [1.807, 2.05) is 12.1 Å². The van der Waals surface area contributed by atoms with Gasteiger partial charge in [0, 0.05) is 11.8 Å². The van der Waals surface area contributed by atoms with Crippen molar-refractivity contribution in [1.29, 1.82) is 0 Å². The van der Waals surface area contributed by atoms with E-state index in [4.69, 9.17) is 15.5 Å². The number of amidine groups is 1. The third-order valence-corrected chi connectivity index (χ3v) is 6.18. The number of nitrogen functional groups attached to an aromatic ring is 1. The Kier molecular flexibility index (Phi) is 4.29. The fraction of sp³-hybridized carbons (Fsp3) is 0.550. The van der Waals surface area contributed by atoms with Gasteiger partial charge in [-0.3, -0.25) is 4.48 Å². The van der Waals surface area contributed by atoms with E-state index in [1.54, 1.807) is 0 Å². The molecule has 2 bridgehead atoms. The van der Waals surface area contributed by atoms with Crippen LogP contribution in [0.5, 0.6) is 0 Å². The Labute approximate surface area is 150 Å². The number of likely N-dealkylation sites (N-methyl/N-ethyl adjacent to an activating group) is 1. The highest BCUT2D eigenvalue weighted by atomic mass is 16.5. The van der Waals surface area contributed by atoms with Gasteiger partial charge in [-0.2, -0.15) is 4.99 Å². The lowest BCUT2D eigenvalue weighted by molar-refractivity contribution is -0.832. The largest absolute Gasteiger partial charge is 0.399 e. The van der Waals surface area contributed by atoms with Crippen LogP contribution in [0.2, 0.25) is 0 Å². The van der Waals surface area contributed by atoms with Gasteiger partial charge in [0.2, 0.25) is 5.84 Å². The van der Waals surface area contributed by atoms with E-state index >= 15 is 0 Å². The van der Waals surface area contributed by atoms with Crippen molar-refractivity contribution < 1.29 is 9.22 Å². The zero-order valence-electron chi connectivity index (χ0n) is 15.3. The van der Waals surface area contributed by atoms with Crippen LogP contribution in [-0.4, -0.2) is 60.2 Å². The highest BCUT2D eigenvalue weighted by molar-refractivity contribution is 5.95. The van der Waals surface area contributed by atoms with E-state index < -0.39 is 0 Å². The number of quaternary nitrogens is 1. The maximum absolute atomic E-state index is 5.90. The van der Waals surface area contributed by atoms with Gasteiger partial charge in [-0.25, -0.2) is 0 Å². The lowest BCUT2D eigenvalue weighted by Gasteiger charge is -2.42. The second-order valence-corrected chi connectivity index (χ2v) is 7.41. The topological polar surface area (TPSA) is 50.8 Å². The zero-order chi connectivity index (χ0) is 17.4. The number of hydrogen-bond acceptors (Lipinski definition) is 4. The summed E-state index contributed by atoms with van der Waals surface area (Å²) in [4.78, 5) is 7.75. The quantitative estimate of drug-likeness (QED) is 0.676. The number of rotatable bonds is 4. The lowest BCUT2D eigenvalue weighted by Crippen LogP contribution is -2.56. The van der Waals surface area contributed by atoms with Crippen molar-refractivity contribution in [2.24, 2.45) is 4.99 Å². The summed E-state index contributed by atoms with van der Waals surface area (Å²) in [6.07, 6.45) is 4.79. The summed E-state index contributed by atoms with van der Waals surface area (Å²) in [5.41, 5.74) is 7.88. The van der Waals surface area contributed by atoms with Crippen LogP contribution in [0.3, 0.4) is 0 Å². The van der Waals surface area contributed by atoms with Crippen molar-refractivity contribution in [3.05, 3.63) is 41.7 Å². The van der Waals surface area contributed by atoms with Crippen molar-refractivity contribution in [3.8, 4) is 0 Å². The van der Waals surface area contributed by atoms with E-state index in [0.29, 0.717) is 12.1 Å². The number of ether oxygens (including phenoxy) is 1. The Hall–Kier alpha value is -1.85. The summed E-state index contributed by atoms with van der Waals surface area (Å²) in [7, 11) is 0. The van der Waals surface area contributed by atoms with Crippen molar-refractivity contribution in [1.82, 2.24) is 4.90 Å². The second-order valence-electron chi connectivity index (χ2n) is 7.41. The Morgan fingerprint density at radius 2 is 1.76 bits per heavy atom. The van der Waals surface area contributed by atoms with E-state index in [9.17, 15) is 0 Å². The van der Waals surface area contributed by atoms with Crippen molar-refractivity contribution in [2.45, 2.75) is 38.8 Å². The summed E-state index contributed by atoms with van der Waals surface area (Å²) in [5, 5.41) is 0. The van der Waals surface area contributed by atoms with Crippen molar-refractivity contribution in [2.75, 3.05) is 38.6 Å². The molecule has 0 aliphatic carbocycles. The molecule has 0 radical (unpaired) electrons. The Morgan fingerprint density at radius 3 is 2.36 bits per heavy atom. The van der Waals surface area contributed by atoms with Crippen LogP contribution in [0.4, 0.5) is 5.69 Å². The van der Waals surface area contributed by atoms with Gasteiger partial charge in [0.15, 0.2) is 0 Å². The molecule has 4 rings (SSSR count). The first kappa shape index (κ1) is 16.6. The van der Waals surface area contributed by atoms with Crippen molar-refractivity contribution >= 4 is 11.5 Å². The number of benzene rings is 1. The second kappa shape index (κ2) is 6.46. The molecule has 0 saturated carbocycles. The van der Waals surface area contributed by atoms with Gasteiger partial charge in [0.05, 0.1) is 44.0 Å². The minimum Gasteiger partial charge on any atom is -0.399 e. The number of hydrogen-bond donors (Lipinski definition) is 1. The first-order valence-electron chi connectivity index (χ1n) is 9.54. The van der Waals surface area contributed by atoms with E-state index in [-0.39, 0.29) is 0 Å². The van der Waals surface area contributed by atoms with Gasteiger partial charge in [-0.1, -0.05) is 0 Å². The fourth-order valence-electron chi connectivity index (χ4n) is 4.52. The average Bonchev–Trinajstić information content (AvgIpc) is 2.90. The summed E-state index contributed by atoms with van der Waals surface area (Å²) in [5.74, 6) is 2.33. The van der Waals surface area contributed by atoms with Crippen molar-refractivity contribution in [3.63, 3.8) is 0 Å². The van der Waals surface area contributed by atoms with Gasteiger partial charge in [-0.05, 0) is 51.0 Å². The normalized spacial score (nSPS) is 27.8. The number of anilines is 1. The van der Waals surface area contributed by atoms with Crippen LogP contribution < -0.4 is 5.73 Å². The first-order valence-corrected chi connectivity index (χ1v) is 9.54. The minimum atomic E-state index is 0.490. The van der Waals surface area contributed by atoms with Gasteiger partial charge < -0.3 is 15.4 Å². The first-order chi connectivity index (χ1) is 12.2. The number of nitrogens with two attached hydrogens (primary N) is 1. The lowest BCUT2D eigenvalue weighted by atomic mass is 10.1. The fourth-order valence-corrected chi connectivity index (χ4v) is 4.52. The molecule has 5 heteroatoms. The molecule has 3 heterocycles. The van der Waals surface area contributed by atoms with Crippen LogP contribution in [0, 0.1) is 0 Å². The molecule has 0 spiro atoms. The van der Waals surface area contributed by atoms with Crippen LogP contribution in [0.25, 0.3) is 0 Å². The Morgan fingerprint density at radius 1 is 1.12 bits per heavy atom. The zero-order valence-corrected chi connectivity index (χ0v) is 15.3. The van der Waals surface area contributed by atoms with E-state index in [2.05, 4.69) is 37.0 Å². The number of fused-ring (bicyclic) bond motifs is 2. The minimum absolute atomic E-state index is 0.490. The third kappa shape index (κ3) is 2.75. The summed E-state index contributed by atoms with van der Waals surface area (Å²) in [6, 6.07) is 9.17. The highest BCUT2D eigenvalue weighted by Gasteiger charge is 2.42. The molecular formula is C20H29N4O+. The predicted octanol–water partition coefficient (Wildman–Crippen LogP) is 2.59. The predicted molar refractivity (Wildman–Crippen MR) is 101 cm³/mol. The Balaban J connectivity index is 1.73. The highest BCUT2D eigenvalue weighted by Crippen LogP contribution is 2.35. The molecule has 2 fully saturated rings. The summed E-state index contributed by atoms with van der Waals surface area (Å²) in [6.45, 7) is 9.27. The van der Waals surface area contributed by atoms with Crippen LogP contribution >= 0.6 is 0 Å². The molecule has 0 amide bonds. The molecule has 25 heavy (non-hydrogen) atoms. The Bertz CT molecular complexity index is 674. The molecule has 0 aromatic heterocycles. The maximum Gasteiger partial charge on any atom is 0.237 e. The molecular weight excluding hydrogens is 312 g/mol. The van der Waals surface area contributed by atoms with E-state index in [0.717, 1.165) is 48.8 Å². The standard InChI is InChI=1S/C20H29N4O/c1-3-24(4-2)12-11-19(23-17-9-10-18(23)14-25-13-17)22-20(24)15-5-7-16(21)8-6-15/h5-8,11,17-18H,3-4,9-10,12-14,21H2,1-2H3/q+1. The summed E-state index contributed by atoms with van der Waals surface area (Å²) >= 11 is 0. The van der Waals surface area contributed by atoms with Crippen LogP contribution in [0.15, 0.2) is 41.2 Å². The molecule has 5 nitrogen and oxygen atoms in total. The average molecular weight is 341 g/mol. The molecule has 2 atom stereocenters. The molecule has 3 aliphatic heterocycles. The molecule has 2 unspecified atom stereocenters. The maximum atomic E-state index is 5.90. The van der Waals surface area contributed by atoms with Gasteiger partial charge in [-0.15, -0.1) is 0 Å². The van der Waals surface area contributed by atoms with Crippen LogP contribution in [0.1, 0.15) is 32.3 Å². The van der Waals surface area contributed by atoms with Gasteiger partial charge in [0.1, 0.15) is 12.4 Å². The SMILES string of the molecule is CC[N+]1(CC)CC=C(N2C3CCC2COC3)N=C1c1ccc(N)cc1. The monoisotopic (exact) mass is 341 g/mol. The molecule has 2 N–H and O–H groups in total. The molecule has 1 aromatic carbocycles. The summed E-state index contributed by atoms with van der Waals surface area (Å²) < 4.78 is 6.65. The van der Waals surface area contributed by atoms with Crippen LogP contribution in [-0.2, 0) is 4.74 Å². The number of nitrogens with zero attached hydrogens (tertiary/aromatic N) is 3. The number of morpholine rings is 1. The number of aliphatic imine (C=N–C) groups is 1. The smallest absolute Gasteiger partial charge is 0.237 e. The van der Waals surface area contributed by atoms with Gasteiger partial charge in [0.25, 0.3) is 0 Å². The van der Waals surface area contributed by atoms with Gasteiger partial charge >= 0.3 is 0 Å². The third-order valence-electron chi connectivity index (χ3n) is 6.18. The molecule has 1 aromatic rings. The van der Waals surface area contributed by atoms with E-state index in [1.165, 1.54) is 24.2 Å². The molecule has 2 saturated heterocycles. The molecule has 3 aliphatic rings.